The van der Waals surface area contributed by atoms with E-state index in [4.69, 9.17) is 5.73 Å². The van der Waals surface area contributed by atoms with Gasteiger partial charge in [-0.15, -0.1) is 0 Å². The molecule has 3 N–H and O–H groups in total. The van der Waals surface area contributed by atoms with Crippen molar-refractivity contribution >= 4 is 5.69 Å². The van der Waals surface area contributed by atoms with Crippen LogP contribution in [0.25, 0.3) is 0 Å². The number of rotatable bonds is 4. The number of hydrogen-bond acceptors (Lipinski definition) is 2. The molecular weight excluding hydrogens is 229 g/mol. The summed E-state index contributed by atoms with van der Waals surface area (Å²) < 4.78 is 13.1. The van der Waals surface area contributed by atoms with Crippen molar-refractivity contribution in [2.45, 2.75) is 51.0 Å². The summed E-state index contributed by atoms with van der Waals surface area (Å²) in [5.74, 6) is 0.388. The van der Waals surface area contributed by atoms with E-state index in [2.05, 4.69) is 0 Å². The minimum Gasteiger partial charge on any atom is -0.398 e. The largest absolute Gasteiger partial charge is 0.398 e. The molecule has 1 aliphatic carbocycles. The highest BCUT2D eigenvalue weighted by molar-refractivity contribution is 5.47. The van der Waals surface area contributed by atoms with Gasteiger partial charge in [0.15, 0.2) is 0 Å². The van der Waals surface area contributed by atoms with Crippen molar-refractivity contribution in [3.8, 4) is 0 Å². The van der Waals surface area contributed by atoms with Crippen molar-refractivity contribution in [2.75, 3.05) is 5.73 Å². The molecule has 0 aliphatic heterocycles. The van der Waals surface area contributed by atoms with Crippen molar-refractivity contribution in [2.24, 2.45) is 5.92 Å². The Kier molecular flexibility index (Phi) is 4.59. The Labute approximate surface area is 108 Å². The zero-order chi connectivity index (χ0) is 13.0. The van der Waals surface area contributed by atoms with Crippen LogP contribution in [0.2, 0.25) is 0 Å². The number of aliphatic hydroxyl groups is 1. The summed E-state index contributed by atoms with van der Waals surface area (Å²) in [6.07, 6.45) is 7.55. The second kappa shape index (κ2) is 6.19. The summed E-state index contributed by atoms with van der Waals surface area (Å²) in [5.41, 5.74) is 6.78. The molecule has 3 heteroatoms. The summed E-state index contributed by atoms with van der Waals surface area (Å²) >= 11 is 0. The van der Waals surface area contributed by atoms with E-state index in [1.165, 1.54) is 50.3 Å². The highest BCUT2D eigenvalue weighted by Gasteiger charge is 2.17. The Hall–Kier alpha value is -1.09. The monoisotopic (exact) mass is 251 g/mol. The fourth-order valence-electron chi connectivity index (χ4n) is 2.86. The Balaban J connectivity index is 1.90. The Morgan fingerprint density at radius 3 is 2.72 bits per heavy atom. The van der Waals surface area contributed by atoms with Crippen LogP contribution in [0.4, 0.5) is 10.1 Å². The van der Waals surface area contributed by atoms with Gasteiger partial charge in [-0.25, -0.2) is 4.39 Å². The van der Waals surface area contributed by atoms with Crippen LogP contribution in [0, 0.1) is 11.7 Å². The number of aliphatic hydroxyl groups excluding tert-OH is 1. The maximum atomic E-state index is 13.1. The van der Waals surface area contributed by atoms with E-state index in [1.54, 1.807) is 0 Å². The van der Waals surface area contributed by atoms with Gasteiger partial charge in [0.05, 0.1) is 6.10 Å². The van der Waals surface area contributed by atoms with Crippen molar-refractivity contribution in [3.05, 3.63) is 29.6 Å². The fourth-order valence-corrected chi connectivity index (χ4v) is 2.86. The molecule has 1 saturated carbocycles. The normalized spacial score (nSPS) is 18.8. The Morgan fingerprint density at radius 1 is 1.28 bits per heavy atom. The molecule has 2 nitrogen and oxygen atoms in total. The van der Waals surface area contributed by atoms with E-state index < -0.39 is 6.10 Å². The Bertz CT molecular complexity index is 388. The van der Waals surface area contributed by atoms with Gasteiger partial charge in [0.2, 0.25) is 0 Å². The third-order valence-electron chi connectivity index (χ3n) is 3.98. The van der Waals surface area contributed by atoms with Gasteiger partial charge >= 0.3 is 0 Å². The topological polar surface area (TPSA) is 46.2 Å². The molecule has 1 unspecified atom stereocenters. The van der Waals surface area contributed by atoms with E-state index in [9.17, 15) is 9.50 Å². The maximum absolute atomic E-state index is 13.1. The van der Waals surface area contributed by atoms with Gasteiger partial charge in [-0.3, -0.25) is 0 Å². The third kappa shape index (κ3) is 3.45. The highest BCUT2D eigenvalue weighted by Crippen LogP contribution is 2.31. The molecular formula is C15H22FNO. The molecule has 0 radical (unpaired) electrons. The van der Waals surface area contributed by atoms with Crippen LogP contribution in [0.15, 0.2) is 18.2 Å². The van der Waals surface area contributed by atoms with Gasteiger partial charge in [-0.1, -0.05) is 32.1 Å². The zero-order valence-electron chi connectivity index (χ0n) is 10.7. The molecule has 1 atom stereocenters. The summed E-state index contributed by atoms with van der Waals surface area (Å²) in [7, 11) is 0. The van der Waals surface area contributed by atoms with Gasteiger partial charge in [0, 0.05) is 11.3 Å². The smallest absolute Gasteiger partial charge is 0.123 e. The lowest BCUT2D eigenvalue weighted by Gasteiger charge is -2.23. The zero-order valence-corrected chi connectivity index (χ0v) is 10.7. The lowest BCUT2D eigenvalue weighted by Crippen LogP contribution is -2.09. The van der Waals surface area contributed by atoms with Crippen LogP contribution in [-0.4, -0.2) is 5.11 Å². The van der Waals surface area contributed by atoms with Gasteiger partial charge in [0.25, 0.3) is 0 Å². The van der Waals surface area contributed by atoms with Crippen molar-refractivity contribution in [3.63, 3.8) is 0 Å². The first-order valence-electron chi connectivity index (χ1n) is 6.90. The van der Waals surface area contributed by atoms with Crippen LogP contribution in [0.5, 0.6) is 0 Å². The highest BCUT2D eigenvalue weighted by atomic mass is 19.1. The molecule has 1 aromatic carbocycles. The van der Waals surface area contributed by atoms with E-state index in [-0.39, 0.29) is 5.82 Å². The number of halogens is 1. The van der Waals surface area contributed by atoms with E-state index >= 15 is 0 Å². The lowest BCUT2D eigenvalue weighted by molar-refractivity contribution is 0.151. The first kappa shape index (κ1) is 13.3. The average Bonchev–Trinajstić information content (AvgIpc) is 2.40. The van der Waals surface area contributed by atoms with Crippen molar-refractivity contribution in [1.29, 1.82) is 0 Å². The SMILES string of the molecule is Nc1ccc(F)cc1C(O)CCC1CCCCC1. The first-order valence-corrected chi connectivity index (χ1v) is 6.90. The average molecular weight is 251 g/mol. The minimum absolute atomic E-state index is 0.337. The van der Waals surface area contributed by atoms with Crippen molar-refractivity contribution < 1.29 is 9.50 Å². The van der Waals surface area contributed by atoms with Crippen LogP contribution < -0.4 is 5.73 Å². The fraction of sp³-hybridized carbons (Fsp3) is 0.600. The first-order chi connectivity index (χ1) is 8.66. The number of hydrogen-bond donors (Lipinski definition) is 2. The lowest BCUT2D eigenvalue weighted by atomic mass is 9.85. The molecule has 100 valence electrons. The number of nitrogens with two attached hydrogens (primary N) is 1. The molecule has 2 rings (SSSR count). The molecule has 0 amide bonds. The number of benzene rings is 1. The summed E-state index contributed by atoms with van der Waals surface area (Å²) in [5, 5.41) is 10.1. The second-order valence-electron chi connectivity index (χ2n) is 5.37. The maximum Gasteiger partial charge on any atom is 0.123 e. The molecule has 0 saturated heterocycles. The van der Waals surface area contributed by atoms with E-state index in [1.807, 2.05) is 0 Å². The molecule has 1 aliphatic rings. The molecule has 1 fully saturated rings. The van der Waals surface area contributed by atoms with E-state index in [0.29, 0.717) is 17.7 Å². The Morgan fingerprint density at radius 2 is 2.00 bits per heavy atom. The minimum atomic E-state index is -0.636. The van der Waals surface area contributed by atoms with Crippen LogP contribution in [0.1, 0.15) is 56.6 Å². The molecule has 1 aromatic rings. The van der Waals surface area contributed by atoms with Crippen LogP contribution in [-0.2, 0) is 0 Å². The van der Waals surface area contributed by atoms with Crippen LogP contribution >= 0.6 is 0 Å². The molecule has 18 heavy (non-hydrogen) atoms. The molecule has 0 bridgehead atoms. The van der Waals surface area contributed by atoms with Gasteiger partial charge in [-0.05, 0) is 37.0 Å². The van der Waals surface area contributed by atoms with Gasteiger partial charge in [-0.2, -0.15) is 0 Å². The van der Waals surface area contributed by atoms with Gasteiger partial charge < -0.3 is 10.8 Å². The number of anilines is 1. The summed E-state index contributed by atoms with van der Waals surface area (Å²) in [4.78, 5) is 0. The second-order valence-corrected chi connectivity index (χ2v) is 5.37. The summed E-state index contributed by atoms with van der Waals surface area (Å²) in [6, 6.07) is 4.20. The van der Waals surface area contributed by atoms with E-state index in [0.717, 1.165) is 12.3 Å². The van der Waals surface area contributed by atoms with Gasteiger partial charge in [0.1, 0.15) is 5.82 Å². The predicted molar refractivity (Wildman–Crippen MR) is 71.6 cm³/mol. The number of nitrogen functional groups attached to an aromatic ring is 1. The quantitative estimate of drug-likeness (QED) is 0.799. The molecule has 0 spiro atoms. The van der Waals surface area contributed by atoms with Crippen LogP contribution in [0.3, 0.4) is 0 Å². The van der Waals surface area contributed by atoms with Crippen molar-refractivity contribution in [1.82, 2.24) is 0 Å². The third-order valence-corrected chi connectivity index (χ3v) is 3.98. The molecule has 0 aromatic heterocycles. The predicted octanol–water partition coefficient (Wildman–Crippen LogP) is 3.80. The molecule has 0 heterocycles. The standard InChI is InChI=1S/C15H22FNO/c16-12-7-8-14(17)13(10-12)15(18)9-6-11-4-2-1-3-5-11/h7-8,10-11,15,18H,1-6,9,17H2. The summed E-state index contributed by atoms with van der Waals surface area (Å²) in [6.45, 7) is 0.